The Morgan fingerprint density at radius 1 is 0.723 bits per heavy atom. The minimum absolute atomic E-state index is 0.0257. The van der Waals surface area contributed by atoms with Crippen molar-refractivity contribution < 1.29 is 60.7 Å². The van der Waals surface area contributed by atoms with Crippen molar-refractivity contribution in [2.45, 2.75) is 82.8 Å². The van der Waals surface area contributed by atoms with Crippen LogP contribution in [0.5, 0.6) is 23.0 Å². The summed E-state index contributed by atoms with van der Waals surface area (Å²) in [6.45, 7) is 7.74. The zero-order valence-electron chi connectivity index (χ0n) is 48.5. The maximum atomic E-state index is 13.2. The Hall–Kier alpha value is -7.67. The van der Waals surface area contributed by atoms with Crippen LogP contribution in [-0.4, -0.2) is 133 Å². The Bertz CT molecular complexity index is 3180. The Morgan fingerprint density at radius 3 is 1.76 bits per heavy atom. The molecule has 0 radical (unpaired) electrons. The number of nitrogens with one attached hydrogen (secondary N) is 6. The zero-order valence-corrected chi connectivity index (χ0v) is 51.0. The fraction of sp³-hybridized carbons (Fsp3) is 0.390. The van der Waals surface area contributed by atoms with Gasteiger partial charge in [0.2, 0.25) is 23.6 Å². The monoisotopic (exact) mass is 1200 g/mol. The number of ether oxygens (including phenoxy) is 4. The third kappa shape index (κ3) is 19.2. The standard InChI is InChI=1S/C48H59N7O13S3.C9H11N.C2H6/c1-48(2,70-69-7)13-12-43(58)50-22-44(59)51-23-45(60)52-24-46(61)53-34-15-29(27-67-41-20-35(49-3)32(25-56)18-39(41)65-5)14-30(16-34)28-68-42-21-36(33(26-57)19-40(42)66-6)54-47(71(62,63)64)38-17-31-10-8-9-11-37(31)55(38)4;1-10-7-6-8-4-2-3-5-9(8)10;1-2/h8-11,14-16,18-21,25-26,38,47,49,54H,12-13,17,22-24,27-28H2,1-7H3,(H,50,58)(H,51,59)(H,52,60)(H,53,61)(H,62,63,64);2-5H,6-7H2,1H3;1-2H3. The minimum Gasteiger partial charge on any atom is -0.493 e. The van der Waals surface area contributed by atoms with Gasteiger partial charge < -0.3 is 60.6 Å². The molecule has 0 aliphatic carbocycles. The molecule has 0 saturated carbocycles. The van der Waals surface area contributed by atoms with Crippen molar-refractivity contribution in [3.63, 3.8) is 0 Å². The summed E-state index contributed by atoms with van der Waals surface area (Å²) in [4.78, 5) is 78.6. The average molecular weight is 1200 g/mol. The van der Waals surface area contributed by atoms with E-state index in [0.29, 0.717) is 47.1 Å². The first kappa shape index (κ1) is 66.1. The highest BCUT2D eigenvalue weighted by molar-refractivity contribution is 8.76. The van der Waals surface area contributed by atoms with Crippen LogP contribution in [0.4, 0.5) is 28.4 Å². The molecule has 0 spiro atoms. The highest BCUT2D eigenvalue weighted by Crippen LogP contribution is 2.39. The lowest BCUT2D eigenvalue weighted by Gasteiger charge is -2.30. The van der Waals surface area contributed by atoms with Crippen LogP contribution < -0.4 is 60.6 Å². The molecule has 5 aromatic carbocycles. The predicted octanol–water partition coefficient (Wildman–Crippen LogP) is 7.78. The second kappa shape index (κ2) is 31.7. The number of amides is 4. The Kier molecular flexibility index (Phi) is 25.2. The van der Waals surface area contributed by atoms with Crippen LogP contribution in [0.1, 0.15) is 83.5 Å². The molecule has 0 aromatic heterocycles. The molecule has 2 heterocycles. The normalized spacial score (nSPS) is 13.5. The van der Waals surface area contributed by atoms with E-state index in [4.69, 9.17) is 18.9 Å². The second-order valence-corrected chi connectivity index (χ2v) is 24.2. The topological polar surface area (TPSA) is 272 Å². The second-order valence-electron chi connectivity index (χ2n) is 19.6. The molecule has 2 aliphatic rings. The molecular weight excluding hydrogens is 1120 g/mol. The maximum Gasteiger partial charge on any atom is 0.288 e. The summed E-state index contributed by atoms with van der Waals surface area (Å²) >= 11 is 0. The molecule has 2 unspecified atom stereocenters. The molecule has 448 valence electrons. The molecule has 83 heavy (non-hydrogen) atoms. The number of hydrogen-bond acceptors (Lipinski definition) is 18. The van der Waals surface area contributed by atoms with Crippen molar-refractivity contribution in [3.05, 3.63) is 124 Å². The Morgan fingerprint density at radius 2 is 1.24 bits per heavy atom. The van der Waals surface area contributed by atoms with Crippen LogP contribution in [0, 0.1) is 0 Å². The van der Waals surface area contributed by atoms with E-state index in [2.05, 4.69) is 68.1 Å². The van der Waals surface area contributed by atoms with Crippen molar-refractivity contribution in [3.8, 4) is 23.0 Å². The predicted molar refractivity (Wildman–Crippen MR) is 330 cm³/mol. The van der Waals surface area contributed by atoms with Gasteiger partial charge in [-0.3, -0.25) is 33.3 Å². The molecule has 21 nitrogen and oxygen atoms in total. The number of hydrogen-bond donors (Lipinski definition) is 7. The third-order valence-corrected chi connectivity index (χ3v) is 17.1. The number of nitrogens with zero attached hydrogens (tertiary/aromatic N) is 2. The van der Waals surface area contributed by atoms with E-state index >= 15 is 0 Å². The number of aldehydes is 2. The maximum absolute atomic E-state index is 13.2. The summed E-state index contributed by atoms with van der Waals surface area (Å²) < 4.78 is 59.7. The molecule has 2 aliphatic heterocycles. The lowest BCUT2D eigenvalue weighted by atomic mass is 10.1. The summed E-state index contributed by atoms with van der Waals surface area (Å²) in [5, 5.41) is 14.4. The lowest BCUT2D eigenvalue weighted by molar-refractivity contribution is -0.128. The largest absolute Gasteiger partial charge is 0.493 e. The van der Waals surface area contributed by atoms with E-state index in [1.165, 1.54) is 56.6 Å². The average Bonchev–Trinajstić information content (AvgIpc) is 3.51. The van der Waals surface area contributed by atoms with Gasteiger partial charge in [-0.1, -0.05) is 71.8 Å². The first-order chi connectivity index (χ1) is 39.7. The highest BCUT2D eigenvalue weighted by atomic mass is 33.1. The SMILES string of the molecule is CC.CN1CCc2ccccc21.CNc1cc(OCc2cc(COc3cc(NC(C4Cc5ccccc5N4C)S(=O)(=O)O)c(C=O)cc3OC)cc(NC(=O)CNC(=O)CNC(=O)CNC(=O)CCC(C)(C)SSC)c2)c(OC)cc1C=O. The van der Waals surface area contributed by atoms with E-state index in [1.54, 1.807) is 64.8 Å². The van der Waals surface area contributed by atoms with E-state index in [-0.39, 0.29) is 77.4 Å². The number of anilines is 5. The summed E-state index contributed by atoms with van der Waals surface area (Å²) in [6.07, 6.45) is 5.49. The van der Waals surface area contributed by atoms with Gasteiger partial charge in [0, 0.05) is 90.6 Å². The van der Waals surface area contributed by atoms with E-state index in [9.17, 15) is 41.7 Å². The molecule has 0 bridgehead atoms. The van der Waals surface area contributed by atoms with E-state index in [0.717, 1.165) is 11.3 Å². The van der Waals surface area contributed by atoms with Gasteiger partial charge in [-0.25, -0.2) is 0 Å². The van der Waals surface area contributed by atoms with Crippen LogP contribution in [0.25, 0.3) is 0 Å². The highest BCUT2D eigenvalue weighted by Gasteiger charge is 2.40. The fourth-order valence-electron chi connectivity index (χ4n) is 9.10. The molecule has 0 saturated heterocycles. The van der Waals surface area contributed by atoms with Gasteiger partial charge in [0.1, 0.15) is 13.2 Å². The van der Waals surface area contributed by atoms with Gasteiger partial charge >= 0.3 is 0 Å². The number of carbonyl (C=O) groups is 6. The number of likely N-dealkylation sites (N-methyl/N-ethyl adjacent to an activating group) is 2. The van der Waals surface area contributed by atoms with Crippen LogP contribution >= 0.6 is 21.6 Å². The van der Waals surface area contributed by atoms with Gasteiger partial charge in [-0.15, -0.1) is 0 Å². The zero-order chi connectivity index (χ0) is 60.9. The molecule has 2 atom stereocenters. The molecule has 7 N–H and O–H groups in total. The minimum atomic E-state index is -4.76. The summed E-state index contributed by atoms with van der Waals surface area (Å²) in [5.74, 6) is -1.36. The van der Waals surface area contributed by atoms with Crippen molar-refractivity contribution >= 4 is 96.3 Å². The molecule has 4 amide bonds. The molecule has 5 aromatic rings. The van der Waals surface area contributed by atoms with E-state index in [1.807, 2.05) is 58.2 Å². The van der Waals surface area contributed by atoms with Gasteiger partial charge in [0.25, 0.3) is 10.1 Å². The quantitative estimate of drug-likeness (QED) is 0.0150. The molecule has 7 rings (SSSR count). The van der Waals surface area contributed by atoms with Crippen molar-refractivity contribution in [2.75, 3.05) is 93.5 Å². The van der Waals surface area contributed by atoms with Crippen molar-refractivity contribution in [1.29, 1.82) is 0 Å². The third-order valence-electron chi connectivity index (χ3n) is 13.3. The van der Waals surface area contributed by atoms with Crippen LogP contribution in [0.3, 0.4) is 0 Å². The molecular formula is C59H76N8O13S3. The smallest absolute Gasteiger partial charge is 0.288 e. The van der Waals surface area contributed by atoms with E-state index < -0.39 is 52.3 Å². The molecule has 24 heteroatoms. The van der Waals surface area contributed by atoms with Gasteiger partial charge in [-0.2, -0.15) is 8.42 Å². The lowest BCUT2D eigenvalue weighted by Crippen LogP contribution is -2.48. The van der Waals surface area contributed by atoms with Gasteiger partial charge in [-0.05, 0) is 104 Å². The number of methoxy groups -OCH3 is 2. The number of benzene rings is 5. The number of fused-ring (bicyclic) bond motifs is 2. The number of para-hydroxylation sites is 2. The summed E-state index contributed by atoms with van der Waals surface area (Å²) in [7, 11) is 6.80. The van der Waals surface area contributed by atoms with Gasteiger partial charge in [0.05, 0.1) is 39.9 Å². The van der Waals surface area contributed by atoms with Gasteiger partial charge in [0.15, 0.2) is 40.9 Å². The van der Waals surface area contributed by atoms with Crippen molar-refractivity contribution in [1.82, 2.24) is 16.0 Å². The first-order valence-electron chi connectivity index (χ1n) is 26.7. The molecule has 0 fully saturated rings. The van der Waals surface area contributed by atoms with Crippen molar-refractivity contribution in [2.24, 2.45) is 0 Å². The number of carbonyl (C=O) groups excluding carboxylic acids is 6. The summed E-state index contributed by atoms with van der Waals surface area (Å²) in [5.41, 5.74) is 6.75. The van der Waals surface area contributed by atoms with Crippen LogP contribution in [-0.2, 0) is 55.4 Å². The van der Waals surface area contributed by atoms with Crippen LogP contribution in [0.2, 0.25) is 0 Å². The first-order valence-corrected chi connectivity index (χ1v) is 30.8. The fourth-order valence-corrected chi connectivity index (χ4v) is 12.3. The Labute approximate surface area is 494 Å². The Balaban J connectivity index is 0.000000930. The van der Waals surface area contributed by atoms with Crippen LogP contribution in [0.15, 0.2) is 91.0 Å². The number of rotatable bonds is 27. The summed E-state index contributed by atoms with van der Waals surface area (Å²) in [6, 6.07) is 26.1.